The molecule has 20 heavy (non-hydrogen) atoms. The van der Waals surface area contributed by atoms with Crippen LogP contribution < -0.4 is 10.5 Å². The fourth-order valence-electron chi connectivity index (χ4n) is 1.95. The van der Waals surface area contributed by atoms with Gasteiger partial charge in [0.25, 0.3) is 0 Å². The molecule has 0 aliphatic rings. The molecule has 0 aliphatic carbocycles. The molecule has 102 valence electrons. The first-order valence-corrected chi connectivity index (χ1v) is 6.46. The van der Waals surface area contributed by atoms with E-state index in [1.54, 1.807) is 0 Å². The number of rotatable bonds is 2. The number of nitrogens with zero attached hydrogens (tertiary/aromatic N) is 2. The lowest BCUT2D eigenvalue weighted by atomic mass is 10.1. The minimum atomic E-state index is -0.536. The third kappa shape index (κ3) is 1.96. The standard InChI is InChI=1S/C13H9F2N3OS/c1-19-12-10-11(20-13(16)18-10)8(5-17-12)7-4-6(14)2-3-9(7)15/h2-5H,1H3,(H2,16,18). The normalized spacial score (nSPS) is 10.9. The summed E-state index contributed by atoms with van der Waals surface area (Å²) in [5, 5.41) is 0.310. The zero-order chi connectivity index (χ0) is 14.3. The van der Waals surface area contributed by atoms with Crippen LogP contribution in [0.25, 0.3) is 21.3 Å². The van der Waals surface area contributed by atoms with Gasteiger partial charge >= 0.3 is 0 Å². The predicted octanol–water partition coefficient (Wildman–Crippen LogP) is 3.23. The zero-order valence-corrected chi connectivity index (χ0v) is 11.2. The van der Waals surface area contributed by atoms with Crippen LogP contribution in [0.2, 0.25) is 0 Å². The lowest BCUT2D eigenvalue weighted by Gasteiger charge is -2.06. The minimum Gasteiger partial charge on any atom is -0.479 e. The monoisotopic (exact) mass is 293 g/mol. The van der Waals surface area contributed by atoms with Crippen molar-refractivity contribution >= 4 is 26.7 Å². The Morgan fingerprint density at radius 2 is 2.05 bits per heavy atom. The van der Waals surface area contributed by atoms with Crippen LogP contribution in [-0.2, 0) is 0 Å². The lowest BCUT2D eigenvalue weighted by molar-refractivity contribution is 0.402. The predicted molar refractivity (Wildman–Crippen MR) is 73.7 cm³/mol. The summed E-state index contributed by atoms with van der Waals surface area (Å²) in [5.74, 6) is -0.761. The Labute approximate surface area is 116 Å². The van der Waals surface area contributed by atoms with Gasteiger partial charge in [-0.3, -0.25) is 0 Å². The van der Waals surface area contributed by atoms with E-state index in [1.807, 2.05) is 0 Å². The lowest BCUT2D eigenvalue weighted by Crippen LogP contribution is -1.92. The first-order valence-electron chi connectivity index (χ1n) is 5.64. The fourth-order valence-corrected chi connectivity index (χ4v) is 2.80. The van der Waals surface area contributed by atoms with Gasteiger partial charge in [0.05, 0.1) is 11.8 Å². The number of nitrogens with two attached hydrogens (primary N) is 1. The van der Waals surface area contributed by atoms with Crippen LogP contribution in [0.3, 0.4) is 0 Å². The van der Waals surface area contributed by atoms with Crippen molar-refractivity contribution in [2.75, 3.05) is 12.8 Å². The fraction of sp³-hybridized carbons (Fsp3) is 0.0769. The van der Waals surface area contributed by atoms with Crippen LogP contribution in [-0.4, -0.2) is 17.1 Å². The number of hydrogen-bond acceptors (Lipinski definition) is 5. The van der Waals surface area contributed by atoms with Crippen LogP contribution in [0.15, 0.2) is 24.4 Å². The minimum absolute atomic E-state index is 0.119. The highest BCUT2D eigenvalue weighted by atomic mass is 32.1. The average Bonchev–Trinajstić information content (AvgIpc) is 2.82. The third-order valence-corrected chi connectivity index (χ3v) is 3.73. The maximum Gasteiger partial charge on any atom is 0.241 e. The highest BCUT2D eigenvalue weighted by Crippen LogP contribution is 2.38. The molecule has 0 spiro atoms. The summed E-state index contributed by atoms with van der Waals surface area (Å²) < 4.78 is 32.9. The molecule has 0 saturated carbocycles. The molecule has 0 amide bonds. The van der Waals surface area contributed by atoms with E-state index in [4.69, 9.17) is 10.5 Å². The zero-order valence-electron chi connectivity index (χ0n) is 10.4. The van der Waals surface area contributed by atoms with Crippen molar-refractivity contribution in [3.05, 3.63) is 36.0 Å². The second kappa shape index (κ2) is 4.68. The van der Waals surface area contributed by atoms with E-state index in [2.05, 4.69) is 9.97 Å². The second-order valence-electron chi connectivity index (χ2n) is 4.04. The van der Waals surface area contributed by atoms with E-state index in [0.717, 1.165) is 18.2 Å². The molecule has 0 unspecified atom stereocenters. The number of halogens is 2. The highest BCUT2D eigenvalue weighted by molar-refractivity contribution is 7.22. The van der Waals surface area contributed by atoms with Gasteiger partial charge in [-0.15, -0.1) is 0 Å². The number of ether oxygens (including phenoxy) is 1. The summed E-state index contributed by atoms with van der Waals surface area (Å²) in [6, 6.07) is 3.26. The van der Waals surface area contributed by atoms with Gasteiger partial charge in [-0.2, -0.15) is 0 Å². The topological polar surface area (TPSA) is 61.0 Å². The maximum absolute atomic E-state index is 13.9. The molecule has 2 aromatic heterocycles. The number of aromatic nitrogens is 2. The van der Waals surface area contributed by atoms with Crippen LogP contribution >= 0.6 is 11.3 Å². The van der Waals surface area contributed by atoms with Gasteiger partial charge in [-0.05, 0) is 18.2 Å². The molecule has 0 radical (unpaired) electrons. The number of thiazole rings is 1. The summed E-state index contributed by atoms with van der Waals surface area (Å²) in [6.07, 6.45) is 1.43. The summed E-state index contributed by atoms with van der Waals surface area (Å²) in [5.41, 5.74) is 6.68. The molecule has 7 heteroatoms. The molecule has 0 aliphatic heterocycles. The smallest absolute Gasteiger partial charge is 0.241 e. The number of fused-ring (bicyclic) bond motifs is 1. The van der Waals surface area contributed by atoms with Crippen molar-refractivity contribution in [1.29, 1.82) is 0 Å². The van der Waals surface area contributed by atoms with E-state index >= 15 is 0 Å². The Hall–Kier alpha value is -2.28. The van der Waals surface area contributed by atoms with Gasteiger partial charge in [-0.1, -0.05) is 11.3 Å². The molecule has 3 aromatic rings. The summed E-state index contributed by atoms with van der Waals surface area (Å²) >= 11 is 1.18. The summed E-state index contributed by atoms with van der Waals surface area (Å²) in [4.78, 5) is 8.18. The van der Waals surface area contributed by atoms with Gasteiger partial charge < -0.3 is 10.5 Å². The van der Waals surface area contributed by atoms with Crippen molar-refractivity contribution in [1.82, 2.24) is 9.97 Å². The Bertz CT molecular complexity index is 804. The van der Waals surface area contributed by atoms with Crippen LogP contribution in [0.5, 0.6) is 5.88 Å². The molecule has 4 nitrogen and oxygen atoms in total. The van der Waals surface area contributed by atoms with Gasteiger partial charge in [0.15, 0.2) is 5.13 Å². The molecule has 0 atom stereocenters. The van der Waals surface area contributed by atoms with Crippen molar-refractivity contribution in [3.63, 3.8) is 0 Å². The van der Waals surface area contributed by atoms with Crippen LogP contribution in [0.1, 0.15) is 0 Å². The van der Waals surface area contributed by atoms with E-state index in [-0.39, 0.29) is 5.56 Å². The molecule has 2 heterocycles. The molecule has 0 fully saturated rings. The number of nitrogen functional groups attached to an aromatic ring is 1. The van der Waals surface area contributed by atoms with Gasteiger partial charge in [0.1, 0.15) is 17.2 Å². The number of benzene rings is 1. The highest BCUT2D eigenvalue weighted by Gasteiger charge is 2.17. The van der Waals surface area contributed by atoms with Crippen molar-refractivity contribution in [3.8, 4) is 17.0 Å². The van der Waals surface area contributed by atoms with Gasteiger partial charge in [0, 0.05) is 17.3 Å². The summed E-state index contributed by atoms with van der Waals surface area (Å²) in [6.45, 7) is 0. The SMILES string of the molecule is COc1ncc(-c2cc(F)ccc2F)c2sc(N)nc12. The van der Waals surface area contributed by atoms with Crippen molar-refractivity contribution in [2.45, 2.75) is 0 Å². The quantitative estimate of drug-likeness (QED) is 0.788. The van der Waals surface area contributed by atoms with Crippen LogP contribution in [0.4, 0.5) is 13.9 Å². The molecule has 0 saturated heterocycles. The number of anilines is 1. The van der Waals surface area contributed by atoms with E-state index in [1.165, 1.54) is 24.6 Å². The van der Waals surface area contributed by atoms with E-state index in [9.17, 15) is 8.78 Å². The largest absolute Gasteiger partial charge is 0.479 e. The second-order valence-corrected chi connectivity index (χ2v) is 5.07. The maximum atomic E-state index is 13.9. The first-order chi connectivity index (χ1) is 9.60. The number of hydrogen-bond donors (Lipinski definition) is 1. The molecular formula is C13H9F2N3OS. The Kier molecular flexibility index (Phi) is 2.98. The van der Waals surface area contributed by atoms with E-state index < -0.39 is 11.6 Å². The summed E-state index contributed by atoms with van der Waals surface area (Å²) in [7, 11) is 1.46. The first kappa shape index (κ1) is 12.7. The molecule has 2 N–H and O–H groups in total. The number of methoxy groups -OCH3 is 1. The van der Waals surface area contributed by atoms with Gasteiger partial charge in [-0.25, -0.2) is 18.7 Å². The molecular weight excluding hydrogens is 284 g/mol. The molecule has 3 rings (SSSR count). The Morgan fingerprint density at radius 1 is 1.25 bits per heavy atom. The Morgan fingerprint density at radius 3 is 2.80 bits per heavy atom. The van der Waals surface area contributed by atoms with E-state index in [0.29, 0.717) is 26.8 Å². The van der Waals surface area contributed by atoms with Gasteiger partial charge in [0.2, 0.25) is 5.88 Å². The molecule has 1 aromatic carbocycles. The molecule has 0 bridgehead atoms. The Balaban J connectivity index is 2.34. The van der Waals surface area contributed by atoms with Crippen molar-refractivity contribution < 1.29 is 13.5 Å². The third-order valence-electron chi connectivity index (χ3n) is 2.81. The van der Waals surface area contributed by atoms with Crippen molar-refractivity contribution in [2.24, 2.45) is 0 Å². The number of pyridine rings is 1. The average molecular weight is 293 g/mol. The van der Waals surface area contributed by atoms with Crippen LogP contribution in [0, 0.1) is 11.6 Å².